The van der Waals surface area contributed by atoms with E-state index in [2.05, 4.69) is 13.8 Å². The van der Waals surface area contributed by atoms with Gasteiger partial charge in [-0.15, -0.1) is 0 Å². The Morgan fingerprint density at radius 2 is 1.78 bits per heavy atom. The molecule has 1 N–H and O–H groups in total. The molecule has 0 heterocycles. The number of hydrogen-bond donors (Lipinski definition) is 1. The van der Waals surface area contributed by atoms with Crippen LogP contribution >= 0.6 is 0 Å². The van der Waals surface area contributed by atoms with E-state index in [0.717, 1.165) is 43.4 Å². The lowest BCUT2D eigenvalue weighted by Gasteiger charge is -2.34. The molecule has 2 atom stereocenters. The van der Waals surface area contributed by atoms with E-state index in [-0.39, 0.29) is 11.7 Å². The van der Waals surface area contributed by atoms with Crippen LogP contribution < -0.4 is 9.47 Å². The van der Waals surface area contributed by atoms with Gasteiger partial charge in [0.15, 0.2) is 5.78 Å². The second-order valence-corrected chi connectivity index (χ2v) is 11.1. The van der Waals surface area contributed by atoms with Crippen molar-refractivity contribution in [2.75, 3.05) is 19.0 Å². The van der Waals surface area contributed by atoms with E-state index in [1.807, 2.05) is 38.1 Å². The van der Waals surface area contributed by atoms with Crippen molar-refractivity contribution in [1.29, 1.82) is 0 Å². The number of ether oxygens (including phenoxy) is 2. The lowest BCUT2D eigenvalue weighted by molar-refractivity contribution is -0.125. The molecule has 2 bridgehead atoms. The smallest absolute Gasteiger partial charge is 0.265 e. The minimum atomic E-state index is -4.29. The Morgan fingerprint density at radius 3 is 2.41 bits per heavy atom. The quantitative estimate of drug-likeness (QED) is 0.271. The highest BCUT2D eigenvalue weighted by Gasteiger charge is 2.67. The molecule has 2 aliphatic carbocycles. The van der Waals surface area contributed by atoms with Gasteiger partial charge in [-0.2, -0.15) is 8.42 Å². The van der Waals surface area contributed by atoms with Gasteiger partial charge in [0.05, 0.1) is 24.4 Å². The molecule has 2 fully saturated rings. The predicted octanol–water partition coefficient (Wildman–Crippen LogP) is 5.32. The van der Waals surface area contributed by atoms with Gasteiger partial charge in [-0.25, -0.2) is 0 Å². The van der Waals surface area contributed by atoms with E-state index in [0.29, 0.717) is 31.0 Å². The zero-order valence-corrected chi connectivity index (χ0v) is 20.5. The first-order valence-corrected chi connectivity index (χ1v) is 13.3. The molecule has 2 saturated carbocycles. The Balaban J connectivity index is 2.00. The molecule has 0 amide bonds. The van der Waals surface area contributed by atoms with Crippen molar-refractivity contribution in [3.05, 3.63) is 29.3 Å². The van der Waals surface area contributed by atoms with E-state index in [1.54, 1.807) is 0 Å². The zero-order valence-electron chi connectivity index (χ0n) is 19.6. The monoisotopic (exact) mass is 464 g/mol. The Morgan fingerprint density at radius 1 is 1.12 bits per heavy atom. The van der Waals surface area contributed by atoms with Gasteiger partial charge in [-0.1, -0.05) is 40.5 Å². The highest BCUT2D eigenvalue weighted by Crippen LogP contribution is 2.66. The van der Waals surface area contributed by atoms with Gasteiger partial charge in [-0.3, -0.25) is 9.35 Å². The van der Waals surface area contributed by atoms with Crippen molar-refractivity contribution in [3.8, 4) is 11.5 Å². The molecule has 2 aliphatic rings. The van der Waals surface area contributed by atoms with E-state index in [1.165, 1.54) is 0 Å². The summed E-state index contributed by atoms with van der Waals surface area (Å²) in [4.78, 5) is 13.5. The number of carbonyl (C=O) groups is 1. The number of benzene rings is 1. The number of Topliss-reactive ketones (excluding diaryl/α,β-unsaturated/α-hetero) is 1. The van der Waals surface area contributed by atoms with Crippen LogP contribution in [0.3, 0.4) is 0 Å². The molecule has 3 rings (SSSR count). The summed E-state index contributed by atoms with van der Waals surface area (Å²) in [7, 11) is -4.29. The molecule has 178 valence electrons. The van der Waals surface area contributed by atoms with Crippen molar-refractivity contribution in [2.24, 2.45) is 16.7 Å². The molecular weight excluding hydrogens is 428 g/mol. The van der Waals surface area contributed by atoms with E-state index in [9.17, 15) is 17.8 Å². The van der Waals surface area contributed by atoms with Crippen LogP contribution in [0.5, 0.6) is 11.5 Å². The van der Waals surface area contributed by atoms with Crippen molar-refractivity contribution in [1.82, 2.24) is 0 Å². The lowest BCUT2D eigenvalue weighted by atomic mass is 9.70. The Bertz CT molecular complexity index is 978. The van der Waals surface area contributed by atoms with Crippen LogP contribution in [0.1, 0.15) is 71.8 Å². The van der Waals surface area contributed by atoms with Gasteiger partial charge < -0.3 is 9.47 Å². The van der Waals surface area contributed by atoms with E-state index >= 15 is 0 Å². The maximum atomic E-state index is 13.5. The van der Waals surface area contributed by atoms with Crippen molar-refractivity contribution >= 4 is 22.0 Å². The van der Waals surface area contributed by atoms with Crippen molar-refractivity contribution < 1.29 is 27.2 Å². The number of fused-ring (bicyclic) bond motifs is 2. The second kappa shape index (κ2) is 9.56. The first-order chi connectivity index (χ1) is 15.1. The summed E-state index contributed by atoms with van der Waals surface area (Å²) in [6.07, 6.45) is 6.99. The molecule has 7 heteroatoms. The van der Waals surface area contributed by atoms with E-state index < -0.39 is 26.7 Å². The fraction of sp³-hybridized carbons (Fsp3) is 0.640. The molecule has 6 nitrogen and oxygen atoms in total. The number of ketones is 1. The maximum Gasteiger partial charge on any atom is 0.265 e. The molecule has 0 aromatic heterocycles. The summed E-state index contributed by atoms with van der Waals surface area (Å²) in [6.45, 7) is 9.29. The van der Waals surface area contributed by atoms with Gasteiger partial charge in [0.2, 0.25) is 0 Å². The third-order valence-electron chi connectivity index (χ3n) is 7.28. The highest BCUT2D eigenvalue weighted by atomic mass is 32.2. The second-order valence-electron chi connectivity index (χ2n) is 9.65. The largest absolute Gasteiger partial charge is 0.494 e. The maximum absolute atomic E-state index is 13.5. The van der Waals surface area contributed by atoms with Crippen LogP contribution in [0, 0.1) is 16.7 Å². The third-order valence-corrected chi connectivity index (χ3v) is 8.14. The molecule has 0 aliphatic heterocycles. The van der Waals surface area contributed by atoms with Gasteiger partial charge >= 0.3 is 0 Å². The summed E-state index contributed by atoms with van der Waals surface area (Å²) < 4.78 is 45.0. The molecule has 0 radical (unpaired) electrons. The number of hydrogen-bond acceptors (Lipinski definition) is 5. The summed E-state index contributed by atoms with van der Waals surface area (Å²) in [5, 5.41) is 0. The van der Waals surface area contributed by atoms with Crippen LogP contribution in [0.15, 0.2) is 23.8 Å². The minimum Gasteiger partial charge on any atom is -0.494 e. The van der Waals surface area contributed by atoms with Gasteiger partial charge in [0.1, 0.15) is 11.5 Å². The topological polar surface area (TPSA) is 89.9 Å². The number of carbonyl (C=O) groups excluding carboxylic acids is 1. The molecule has 32 heavy (non-hydrogen) atoms. The first kappa shape index (κ1) is 24.8. The predicted molar refractivity (Wildman–Crippen MR) is 126 cm³/mol. The number of unbranched alkanes of at least 4 members (excludes halogenated alkanes) is 2. The van der Waals surface area contributed by atoms with Crippen LogP contribution in [0.25, 0.3) is 6.08 Å². The summed E-state index contributed by atoms with van der Waals surface area (Å²) in [6, 6.07) is 5.65. The Labute approximate surface area is 192 Å². The average Bonchev–Trinajstić information content (AvgIpc) is 3.03. The molecule has 1 aromatic rings. The first-order valence-electron chi connectivity index (χ1n) is 11.7. The van der Waals surface area contributed by atoms with Crippen molar-refractivity contribution in [3.63, 3.8) is 0 Å². The summed E-state index contributed by atoms with van der Waals surface area (Å²) in [5.74, 6) is 0.638. The number of rotatable bonds is 11. The molecule has 0 saturated heterocycles. The average molecular weight is 465 g/mol. The van der Waals surface area contributed by atoms with Crippen LogP contribution in [-0.2, 0) is 14.9 Å². The normalized spacial score (nSPS) is 25.5. The van der Waals surface area contributed by atoms with Crippen LogP contribution in [0.2, 0.25) is 0 Å². The molecular formula is C25H36O6S. The lowest BCUT2D eigenvalue weighted by Crippen LogP contribution is -2.42. The third kappa shape index (κ3) is 4.74. The molecule has 1 aromatic carbocycles. The minimum absolute atomic E-state index is 0.0649. The zero-order chi connectivity index (χ0) is 23.6. The van der Waals surface area contributed by atoms with Gasteiger partial charge in [0, 0.05) is 11.1 Å². The standard InChI is InChI=1S/C25H36O6S/c1-5-7-13-30-19-9-10-22(31-14-8-6-2)18(15-19)16-20-21-11-12-25(23(20)26,24(21,3)4)17-32(27,28)29/h9-10,15-16,21H,5-8,11-14,17H2,1-4H3,(H,27,28,29). The Kier molecular flexibility index (Phi) is 7.40. The molecule has 2 unspecified atom stereocenters. The van der Waals surface area contributed by atoms with E-state index in [4.69, 9.17) is 9.47 Å². The van der Waals surface area contributed by atoms with Crippen molar-refractivity contribution in [2.45, 2.75) is 66.2 Å². The fourth-order valence-electron chi connectivity index (χ4n) is 5.28. The van der Waals surface area contributed by atoms with Gasteiger partial charge in [-0.05, 0) is 61.3 Å². The van der Waals surface area contributed by atoms with Crippen LogP contribution in [-0.4, -0.2) is 37.7 Å². The van der Waals surface area contributed by atoms with Crippen LogP contribution in [0.4, 0.5) is 0 Å². The summed E-state index contributed by atoms with van der Waals surface area (Å²) >= 11 is 0. The SMILES string of the molecule is CCCCOc1ccc(OCCCC)c(C=C2C(=O)C3(CS(=O)(=O)O)CCC2C3(C)C)c1. The Hall–Kier alpha value is -1.86. The fourth-order valence-corrected chi connectivity index (χ4v) is 6.55. The number of allylic oxidation sites excluding steroid dienone is 1. The summed E-state index contributed by atoms with van der Waals surface area (Å²) in [5.41, 5.74) is -0.250. The highest BCUT2D eigenvalue weighted by molar-refractivity contribution is 7.85. The molecule has 0 spiro atoms. The van der Waals surface area contributed by atoms with Gasteiger partial charge in [0.25, 0.3) is 10.1 Å².